The third-order valence-electron chi connectivity index (χ3n) is 3.66. The number of nitrogens with one attached hydrogen (secondary N) is 2. The van der Waals surface area contributed by atoms with Gasteiger partial charge < -0.3 is 10.6 Å². The van der Waals surface area contributed by atoms with Crippen LogP contribution in [0.5, 0.6) is 0 Å². The summed E-state index contributed by atoms with van der Waals surface area (Å²) in [6.45, 7) is 8.43. The van der Waals surface area contributed by atoms with E-state index in [2.05, 4.69) is 82.4 Å². The molecule has 1 aromatic heterocycles. The molecule has 23 heavy (non-hydrogen) atoms. The highest BCUT2D eigenvalue weighted by Gasteiger charge is 2.26. The van der Waals surface area contributed by atoms with Crippen molar-refractivity contribution in [3.8, 4) is 0 Å². The first-order chi connectivity index (χ1) is 10.8. The van der Waals surface area contributed by atoms with Crippen LogP contribution in [0.1, 0.15) is 50.8 Å². The molecule has 5 heteroatoms. The Hall–Kier alpha value is -1.62. The first-order valence-electron chi connectivity index (χ1n) is 8.00. The van der Waals surface area contributed by atoms with Crippen LogP contribution in [-0.2, 0) is 0 Å². The van der Waals surface area contributed by atoms with E-state index in [4.69, 9.17) is 0 Å². The third-order valence-corrected chi connectivity index (χ3v) is 4.55. The lowest BCUT2D eigenvalue weighted by molar-refractivity contribution is 0.625. The van der Waals surface area contributed by atoms with Gasteiger partial charge in [0.05, 0.1) is 5.69 Å². The van der Waals surface area contributed by atoms with E-state index in [1.165, 1.54) is 18.4 Å². The summed E-state index contributed by atoms with van der Waals surface area (Å²) < 4.78 is 1.11. The molecular formula is C18H23BrN4. The minimum Gasteiger partial charge on any atom is -0.350 e. The van der Waals surface area contributed by atoms with Gasteiger partial charge in [-0.3, -0.25) is 0 Å². The number of aryl methyl sites for hydroxylation is 1. The molecule has 0 amide bonds. The Morgan fingerprint density at radius 3 is 2.48 bits per heavy atom. The predicted molar refractivity (Wildman–Crippen MR) is 99.5 cm³/mol. The fourth-order valence-electron chi connectivity index (χ4n) is 2.38. The molecule has 1 aromatic carbocycles. The second-order valence-corrected chi connectivity index (χ2v) is 8.09. The van der Waals surface area contributed by atoms with Crippen molar-refractivity contribution in [3.05, 3.63) is 40.0 Å². The normalized spacial score (nSPS) is 14.7. The number of aromatic nitrogens is 2. The van der Waals surface area contributed by atoms with E-state index in [0.29, 0.717) is 11.9 Å². The molecule has 0 radical (unpaired) electrons. The Morgan fingerprint density at radius 1 is 1.13 bits per heavy atom. The van der Waals surface area contributed by atoms with E-state index in [1.807, 2.05) is 6.07 Å². The lowest BCUT2D eigenvalue weighted by Crippen LogP contribution is -2.27. The molecule has 1 fully saturated rings. The largest absolute Gasteiger partial charge is 0.350 e. The number of rotatable bonds is 4. The summed E-state index contributed by atoms with van der Waals surface area (Å²) in [5.74, 6) is 2.12. The average molecular weight is 375 g/mol. The molecule has 1 saturated carbocycles. The number of anilines is 3. The number of halogens is 1. The first-order valence-corrected chi connectivity index (χ1v) is 8.80. The summed E-state index contributed by atoms with van der Waals surface area (Å²) in [7, 11) is 0. The van der Waals surface area contributed by atoms with Crippen LogP contribution in [0.4, 0.5) is 17.5 Å². The lowest BCUT2D eigenvalue weighted by Gasteiger charge is -2.21. The van der Waals surface area contributed by atoms with Crippen LogP contribution in [0.25, 0.3) is 0 Å². The SMILES string of the molecule is Cc1cc(Nc2cc(C3CC3)nc(NC(C)(C)C)n2)ccc1Br. The molecule has 0 aliphatic heterocycles. The second-order valence-electron chi connectivity index (χ2n) is 7.24. The summed E-state index contributed by atoms with van der Waals surface area (Å²) in [5.41, 5.74) is 3.30. The van der Waals surface area contributed by atoms with Gasteiger partial charge >= 0.3 is 0 Å². The molecule has 3 rings (SSSR count). The Balaban J connectivity index is 1.89. The van der Waals surface area contributed by atoms with E-state index in [1.54, 1.807) is 0 Å². The van der Waals surface area contributed by atoms with Crippen molar-refractivity contribution < 1.29 is 0 Å². The smallest absolute Gasteiger partial charge is 0.225 e. The van der Waals surface area contributed by atoms with Gasteiger partial charge in [0.1, 0.15) is 5.82 Å². The minimum absolute atomic E-state index is 0.0619. The van der Waals surface area contributed by atoms with Crippen molar-refractivity contribution in [2.75, 3.05) is 10.6 Å². The molecule has 0 saturated heterocycles. The Bertz CT molecular complexity index is 717. The van der Waals surface area contributed by atoms with Gasteiger partial charge in [0.15, 0.2) is 0 Å². The van der Waals surface area contributed by atoms with Crippen molar-refractivity contribution in [2.24, 2.45) is 0 Å². The summed E-state index contributed by atoms with van der Waals surface area (Å²) >= 11 is 3.53. The van der Waals surface area contributed by atoms with Crippen LogP contribution in [0.15, 0.2) is 28.7 Å². The Kier molecular flexibility index (Phi) is 4.32. The van der Waals surface area contributed by atoms with Gasteiger partial charge in [0.2, 0.25) is 5.95 Å². The summed E-state index contributed by atoms with van der Waals surface area (Å²) in [5, 5.41) is 6.79. The molecule has 2 N–H and O–H groups in total. The highest BCUT2D eigenvalue weighted by atomic mass is 79.9. The van der Waals surface area contributed by atoms with Crippen molar-refractivity contribution in [3.63, 3.8) is 0 Å². The van der Waals surface area contributed by atoms with Gasteiger partial charge in [0, 0.05) is 27.7 Å². The van der Waals surface area contributed by atoms with Gasteiger partial charge in [-0.15, -0.1) is 0 Å². The number of hydrogen-bond donors (Lipinski definition) is 2. The van der Waals surface area contributed by atoms with Crippen LogP contribution in [0.2, 0.25) is 0 Å². The highest BCUT2D eigenvalue weighted by molar-refractivity contribution is 9.10. The Labute approximate surface area is 146 Å². The zero-order chi connectivity index (χ0) is 16.6. The fourth-order valence-corrected chi connectivity index (χ4v) is 2.63. The molecule has 0 atom stereocenters. The van der Waals surface area contributed by atoms with Gasteiger partial charge in [-0.1, -0.05) is 15.9 Å². The van der Waals surface area contributed by atoms with Crippen LogP contribution < -0.4 is 10.6 Å². The maximum atomic E-state index is 4.68. The van der Waals surface area contributed by atoms with Gasteiger partial charge in [-0.2, -0.15) is 4.98 Å². The number of benzene rings is 1. The van der Waals surface area contributed by atoms with Crippen molar-refractivity contribution in [1.82, 2.24) is 9.97 Å². The van der Waals surface area contributed by atoms with E-state index in [0.717, 1.165) is 21.7 Å². The molecule has 2 aromatic rings. The van der Waals surface area contributed by atoms with E-state index >= 15 is 0 Å². The topological polar surface area (TPSA) is 49.8 Å². The molecule has 1 aliphatic rings. The molecule has 0 bridgehead atoms. The van der Waals surface area contributed by atoms with Gasteiger partial charge in [-0.25, -0.2) is 4.98 Å². The molecule has 122 valence electrons. The van der Waals surface area contributed by atoms with Crippen LogP contribution in [0, 0.1) is 6.92 Å². The van der Waals surface area contributed by atoms with Gasteiger partial charge in [0.25, 0.3) is 0 Å². The monoisotopic (exact) mass is 374 g/mol. The quantitative estimate of drug-likeness (QED) is 0.753. The van der Waals surface area contributed by atoms with Crippen molar-refractivity contribution >= 4 is 33.4 Å². The Morgan fingerprint density at radius 2 is 1.87 bits per heavy atom. The van der Waals surface area contributed by atoms with Gasteiger partial charge in [-0.05, 0) is 64.3 Å². The van der Waals surface area contributed by atoms with Crippen LogP contribution in [0.3, 0.4) is 0 Å². The molecule has 1 aliphatic carbocycles. The van der Waals surface area contributed by atoms with Crippen molar-refractivity contribution in [2.45, 2.75) is 52.0 Å². The summed E-state index contributed by atoms with van der Waals surface area (Å²) in [6, 6.07) is 8.28. The standard InChI is InChI=1S/C18H23BrN4/c1-11-9-13(7-8-14(11)19)20-16-10-15(12-5-6-12)21-17(22-16)23-18(2,3)4/h7-10,12H,5-6H2,1-4H3,(H2,20,21,22,23). The average Bonchev–Trinajstić information content (AvgIpc) is 3.25. The molecular weight excluding hydrogens is 352 g/mol. The molecule has 4 nitrogen and oxygen atoms in total. The zero-order valence-corrected chi connectivity index (χ0v) is 15.7. The highest BCUT2D eigenvalue weighted by Crippen LogP contribution is 2.40. The first kappa shape index (κ1) is 16.2. The fraction of sp³-hybridized carbons (Fsp3) is 0.444. The van der Waals surface area contributed by atoms with E-state index < -0.39 is 0 Å². The molecule has 0 spiro atoms. The molecule has 1 heterocycles. The van der Waals surface area contributed by atoms with E-state index in [9.17, 15) is 0 Å². The molecule has 0 unspecified atom stereocenters. The van der Waals surface area contributed by atoms with E-state index in [-0.39, 0.29) is 5.54 Å². The number of hydrogen-bond acceptors (Lipinski definition) is 4. The third kappa shape index (κ3) is 4.44. The van der Waals surface area contributed by atoms with Crippen LogP contribution in [-0.4, -0.2) is 15.5 Å². The summed E-state index contributed by atoms with van der Waals surface area (Å²) in [6.07, 6.45) is 2.45. The predicted octanol–water partition coefficient (Wildman–Crippen LogP) is 5.38. The second kappa shape index (κ2) is 6.11. The van der Waals surface area contributed by atoms with Crippen LogP contribution >= 0.6 is 15.9 Å². The zero-order valence-electron chi connectivity index (χ0n) is 14.1. The van der Waals surface area contributed by atoms with Crippen molar-refractivity contribution in [1.29, 1.82) is 0 Å². The lowest BCUT2D eigenvalue weighted by atomic mass is 10.1. The minimum atomic E-state index is -0.0619. The maximum absolute atomic E-state index is 4.68. The maximum Gasteiger partial charge on any atom is 0.225 e. The summed E-state index contributed by atoms with van der Waals surface area (Å²) in [4.78, 5) is 9.32. The number of nitrogens with zero attached hydrogens (tertiary/aromatic N) is 2.